The average Bonchev–Trinajstić information content (AvgIpc) is 2.03. The molecule has 0 saturated carbocycles. The summed E-state index contributed by atoms with van der Waals surface area (Å²) in [6.07, 6.45) is 1.69. The molecular weight excluding hydrogens is 221 g/mol. The maximum absolute atomic E-state index is 5.89. The first-order valence-corrected chi connectivity index (χ1v) is 4.08. The van der Waals surface area contributed by atoms with Gasteiger partial charge in [-0.2, -0.15) is 0 Å². The molecule has 82 valence electrons. The van der Waals surface area contributed by atoms with Crippen molar-refractivity contribution in [2.45, 2.75) is 19.9 Å². The predicted molar refractivity (Wildman–Crippen MR) is 64.9 cm³/mol. The average molecular weight is 238 g/mol. The molecule has 0 spiro atoms. The highest BCUT2D eigenvalue weighted by Gasteiger charge is 2.11. The quantitative estimate of drug-likeness (QED) is 0.829. The van der Waals surface area contributed by atoms with Gasteiger partial charge in [0.05, 0.1) is 5.69 Å². The molecule has 0 aliphatic carbocycles. The van der Waals surface area contributed by atoms with E-state index in [0.717, 1.165) is 11.4 Å². The number of hydrogen-bond donors (Lipinski definition) is 2. The number of aromatic nitrogens is 1. The van der Waals surface area contributed by atoms with Gasteiger partial charge in [0.2, 0.25) is 0 Å². The van der Waals surface area contributed by atoms with Crippen molar-refractivity contribution in [3.05, 3.63) is 24.0 Å². The second-order valence-electron chi connectivity index (χ2n) is 3.28. The molecule has 0 aliphatic heterocycles. The van der Waals surface area contributed by atoms with Crippen LogP contribution in [0.5, 0.6) is 0 Å². The van der Waals surface area contributed by atoms with Crippen LogP contribution in [0.3, 0.4) is 0 Å². The molecule has 14 heavy (non-hydrogen) atoms. The van der Waals surface area contributed by atoms with Crippen molar-refractivity contribution in [1.29, 1.82) is 0 Å². The Labute approximate surface area is 97.1 Å². The van der Waals surface area contributed by atoms with Crippen LogP contribution < -0.4 is 11.5 Å². The van der Waals surface area contributed by atoms with Crippen molar-refractivity contribution in [2.75, 3.05) is 5.73 Å². The highest BCUT2D eigenvalue weighted by molar-refractivity contribution is 5.85. The number of halogens is 2. The Kier molecular flexibility index (Phi) is 7.82. The Hall–Kier alpha value is -0.510. The monoisotopic (exact) mass is 237 g/mol. The van der Waals surface area contributed by atoms with Gasteiger partial charge in [-0.05, 0) is 18.1 Å². The summed E-state index contributed by atoms with van der Waals surface area (Å²) in [7, 11) is 0. The van der Waals surface area contributed by atoms with Gasteiger partial charge in [0.1, 0.15) is 0 Å². The zero-order valence-corrected chi connectivity index (χ0v) is 9.94. The molecule has 0 amide bonds. The SMILES string of the molecule is CC(C)C(N)c1cc(N)ccn1.Cl.Cl. The third-order valence-corrected chi connectivity index (χ3v) is 1.86. The van der Waals surface area contributed by atoms with Gasteiger partial charge in [0.15, 0.2) is 0 Å². The summed E-state index contributed by atoms with van der Waals surface area (Å²) in [6.45, 7) is 4.13. The molecule has 0 radical (unpaired) electrons. The Morgan fingerprint density at radius 3 is 2.29 bits per heavy atom. The highest BCUT2D eigenvalue weighted by atomic mass is 35.5. The van der Waals surface area contributed by atoms with E-state index in [-0.39, 0.29) is 30.9 Å². The van der Waals surface area contributed by atoms with Crippen molar-refractivity contribution in [3.8, 4) is 0 Å². The molecule has 3 nitrogen and oxygen atoms in total. The molecule has 1 aromatic rings. The van der Waals surface area contributed by atoms with Gasteiger partial charge in [0.25, 0.3) is 0 Å². The Bertz CT molecular complexity index is 266. The molecule has 1 rings (SSSR count). The van der Waals surface area contributed by atoms with Crippen molar-refractivity contribution in [2.24, 2.45) is 11.7 Å². The van der Waals surface area contributed by atoms with E-state index < -0.39 is 0 Å². The van der Waals surface area contributed by atoms with E-state index in [1.165, 1.54) is 0 Å². The van der Waals surface area contributed by atoms with Gasteiger partial charge in [0, 0.05) is 17.9 Å². The van der Waals surface area contributed by atoms with Crippen LogP contribution >= 0.6 is 24.8 Å². The summed E-state index contributed by atoms with van der Waals surface area (Å²) in [5.41, 5.74) is 13.1. The molecule has 0 saturated heterocycles. The fourth-order valence-electron chi connectivity index (χ4n) is 0.989. The van der Waals surface area contributed by atoms with E-state index in [1.54, 1.807) is 12.3 Å². The lowest BCUT2D eigenvalue weighted by Crippen LogP contribution is -2.18. The molecule has 1 aromatic heterocycles. The summed E-state index contributed by atoms with van der Waals surface area (Å²) in [6, 6.07) is 3.56. The minimum atomic E-state index is -0.0199. The summed E-state index contributed by atoms with van der Waals surface area (Å²) in [5, 5.41) is 0. The largest absolute Gasteiger partial charge is 0.399 e. The molecule has 5 heteroatoms. The van der Waals surface area contributed by atoms with Crippen LogP contribution in [0.2, 0.25) is 0 Å². The first-order valence-electron chi connectivity index (χ1n) is 4.08. The van der Waals surface area contributed by atoms with Crippen molar-refractivity contribution in [3.63, 3.8) is 0 Å². The lowest BCUT2D eigenvalue weighted by Gasteiger charge is -2.14. The number of nitrogens with zero attached hydrogens (tertiary/aromatic N) is 1. The van der Waals surface area contributed by atoms with Crippen LogP contribution in [0.4, 0.5) is 5.69 Å². The van der Waals surface area contributed by atoms with Crippen molar-refractivity contribution < 1.29 is 0 Å². The number of anilines is 1. The summed E-state index contributed by atoms with van der Waals surface area (Å²) >= 11 is 0. The molecule has 0 bridgehead atoms. The molecule has 4 N–H and O–H groups in total. The number of pyridine rings is 1. The lowest BCUT2D eigenvalue weighted by molar-refractivity contribution is 0.503. The smallest absolute Gasteiger partial charge is 0.0594 e. The van der Waals surface area contributed by atoms with Gasteiger partial charge in [-0.15, -0.1) is 24.8 Å². The van der Waals surface area contributed by atoms with Gasteiger partial charge < -0.3 is 11.5 Å². The second-order valence-corrected chi connectivity index (χ2v) is 3.28. The highest BCUT2D eigenvalue weighted by Crippen LogP contribution is 2.17. The van der Waals surface area contributed by atoms with Gasteiger partial charge in [-0.1, -0.05) is 13.8 Å². The molecule has 0 aromatic carbocycles. The van der Waals surface area contributed by atoms with Gasteiger partial charge in [-0.25, -0.2) is 0 Å². The second kappa shape index (κ2) is 6.87. The first-order chi connectivity index (χ1) is 5.61. The summed E-state index contributed by atoms with van der Waals surface area (Å²) in [4.78, 5) is 4.16. The van der Waals surface area contributed by atoms with E-state index in [0.29, 0.717) is 5.92 Å². The standard InChI is InChI=1S/C9H15N3.2ClH/c1-6(2)9(11)8-5-7(10)3-4-12-8;;/h3-6,9H,11H2,1-2H3,(H2,10,12);2*1H. The number of nitrogen functional groups attached to an aromatic ring is 1. The molecule has 1 unspecified atom stereocenters. The zero-order chi connectivity index (χ0) is 9.14. The topological polar surface area (TPSA) is 64.9 Å². The third kappa shape index (κ3) is 4.13. The number of rotatable bonds is 2. The van der Waals surface area contributed by atoms with E-state index >= 15 is 0 Å². The van der Waals surface area contributed by atoms with Crippen LogP contribution in [0.15, 0.2) is 18.3 Å². The Morgan fingerprint density at radius 1 is 1.29 bits per heavy atom. The van der Waals surface area contributed by atoms with Crippen LogP contribution in [-0.4, -0.2) is 4.98 Å². The minimum absolute atomic E-state index is 0. The van der Waals surface area contributed by atoms with E-state index in [4.69, 9.17) is 11.5 Å². The van der Waals surface area contributed by atoms with Gasteiger partial charge in [-0.3, -0.25) is 4.98 Å². The first kappa shape index (κ1) is 15.9. The molecule has 0 fully saturated rings. The van der Waals surface area contributed by atoms with E-state index in [2.05, 4.69) is 18.8 Å². The van der Waals surface area contributed by atoms with Crippen LogP contribution in [-0.2, 0) is 0 Å². The fourth-order valence-corrected chi connectivity index (χ4v) is 0.989. The predicted octanol–water partition coefficient (Wildman–Crippen LogP) is 2.16. The van der Waals surface area contributed by atoms with Crippen molar-refractivity contribution >= 4 is 30.5 Å². The zero-order valence-electron chi connectivity index (χ0n) is 8.31. The molecular formula is C9H17Cl2N3. The van der Waals surface area contributed by atoms with Crippen LogP contribution in [0.1, 0.15) is 25.6 Å². The normalized spacial score (nSPS) is 11.4. The van der Waals surface area contributed by atoms with E-state index in [1.807, 2.05) is 6.07 Å². The Morgan fingerprint density at radius 2 is 1.86 bits per heavy atom. The third-order valence-electron chi connectivity index (χ3n) is 1.86. The number of nitrogens with two attached hydrogens (primary N) is 2. The van der Waals surface area contributed by atoms with Crippen LogP contribution in [0.25, 0.3) is 0 Å². The summed E-state index contributed by atoms with van der Waals surface area (Å²) in [5.74, 6) is 0.388. The Balaban J connectivity index is 0. The minimum Gasteiger partial charge on any atom is -0.399 e. The van der Waals surface area contributed by atoms with Crippen LogP contribution in [0, 0.1) is 5.92 Å². The van der Waals surface area contributed by atoms with Gasteiger partial charge >= 0.3 is 0 Å². The van der Waals surface area contributed by atoms with Crippen molar-refractivity contribution in [1.82, 2.24) is 4.98 Å². The molecule has 0 aliphatic rings. The maximum atomic E-state index is 5.89. The molecule has 1 atom stereocenters. The summed E-state index contributed by atoms with van der Waals surface area (Å²) < 4.78 is 0. The maximum Gasteiger partial charge on any atom is 0.0594 e. The lowest BCUT2D eigenvalue weighted by atomic mass is 10.0. The number of hydrogen-bond acceptors (Lipinski definition) is 3. The molecule has 1 heterocycles. The van der Waals surface area contributed by atoms with E-state index in [9.17, 15) is 0 Å². The fraction of sp³-hybridized carbons (Fsp3) is 0.444.